The van der Waals surface area contributed by atoms with Crippen LogP contribution in [0.2, 0.25) is 5.02 Å². The summed E-state index contributed by atoms with van der Waals surface area (Å²) in [7, 11) is -3.78. The van der Waals surface area contributed by atoms with Gasteiger partial charge in [0, 0.05) is 16.3 Å². The fourth-order valence-electron chi connectivity index (χ4n) is 2.74. The van der Waals surface area contributed by atoms with Crippen molar-refractivity contribution in [2.75, 3.05) is 10.0 Å². The number of nitriles is 1. The number of carbonyl (C=O) groups is 1. The highest BCUT2D eigenvalue weighted by Gasteiger charge is 2.16. The van der Waals surface area contributed by atoms with Gasteiger partial charge in [-0.1, -0.05) is 23.7 Å². The average molecular weight is 440 g/mol. The van der Waals surface area contributed by atoms with Crippen molar-refractivity contribution in [3.8, 4) is 6.07 Å². The van der Waals surface area contributed by atoms with Crippen molar-refractivity contribution in [1.82, 2.24) is 0 Å². The first kappa shape index (κ1) is 21.4. The zero-order valence-electron chi connectivity index (χ0n) is 16.0. The standard InChI is InChI=1S/C22H18ClN3O3S/c1-15-14-17(22(27)25-19-7-2-16(3-8-19)12-13-24)4-11-21(15)26-30(28,29)20-9-5-18(23)6-10-20/h2-11,14,26H,12H2,1H3,(H,25,27). The van der Waals surface area contributed by atoms with Gasteiger partial charge in [0.05, 0.1) is 23.1 Å². The summed E-state index contributed by atoms with van der Waals surface area (Å²) in [6, 6.07) is 19.6. The molecule has 0 aliphatic heterocycles. The van der Waals surface area contributed by atoms with E-state index in [0.717, 1.165) is 5.56 Å². The summed E-state index contributed by atoms with van der Waals surface area (Å²) in [5, 5.41) is 11.9. The van der Waals surface area contributed by atoms with Crippen molar-refractivity contribution in [3.05, 3.63) is 88.4 Å². The molecule has 0 fully saturated rings. The van der Waals surface area contributed by atoms with E-state index in [4.69, 9.17) is 16.9 Å². The summed E-state index contributed by atoms with van der Waals surface area (Å²) in [4.78, 5) is 12.6. The van der Waals surface area contributed by atoms with Gasteiger partial charge in [0.1, 0.15) is 0 Å². The second kappa shape index (κ2) is 8.99. The molecule has 8 heteroatoms. The maximum absolute atomic E-state index is 12.5. The largest absolute Gasteiger partial charge is 0.322 e. The molecular weight excluding hydrogens is 422 g/mol. The number of aryl methyl sites for hydroxylation is 1. The molecule has 3 aromatic rings. The van der Waals surface area contributed by atoms with E-state index in [0.29, 0.717) is 33.9 Å². The Labute approximate surface area is 180 Å². The van der Waals surface area contributed by atoms with Crippen LogP contribution in [0.15, 0.2) is 71.6 Å². The third kappa shape index (κ3) is 5.17. The Morgan fingerprint density at radius 3 is 2.30 bits per heavy atom. The highest BCUT2D eigenvalue weighted by molar-refractivity contribution is 7.92. The lowest BCUT2D eigenvalue weighted by atomic mass is 10.1. The van der Waals surface area contributed by atoms with Gasteiger partial charge < -0.3 is 5.32 Å². The molecule has 0 saturated carbocycles. The summed E-state index contributed by atoms with van der Waals surface area (Å²) in [6.45, 7) is 1.72. The lowest BCUT2D eigenvalue weighted by Crippen LogP contribution is -2.15. The molecule has 6 nitrogen and oxygen atoms in total. The van der Waals surface area contributed by atoms with Crippen molar-refractivity contribution in [1.29, 1.82) is 5.26 Å². The molecule has 0 aliphatic rings. The molecule has 0 spiro atoms. The molecule has 1 amide bonds. The molecule has 0 heterocycles. The number of hydrogen-bond donors (Lipinski definition) is 2. The minimum Gasteiger partial charge on any atom is -0.322 e. The molecule has 0 bridgehead atoms. The second-order valence-corrected chi connectivity index (χ2v) is 8.69. The fourth-order valence-corrected chi connectivity index (χ4v) is 3.99. The highest BCUT2D eigenvalue weighted by Crippen LogP contribution is 2.22. The first-order chi connectivity index (χ1) is 14.3. The van der Waals surface area contributed by atoms with E-state index in [9.17, 15) is 13.2 Å². The lowest BCUT2D eigenvalue weighted by Gasteiger charge is -2.12. The van der Waals surface area contributed by atoms with E-state index < -0.39 is 10.0 Å². The van der Waals surface area contributed by atoms with Crippen LogP contribution in [0, 0.1) is 18.3 Å². The van der Waals surface area contributed by atoms with Gasteiger partial charge in [-0.15, -0.1) is 0 Å². The van der Waals surface area contributed by atoms with Crippen molar-refractivity contribution >= 4 is 38.9 Å². The highest BCUT2D eigenvalue weighted by atomic mass is 35.5. The van der Waals surface area contributed by atoms with Crippen LogP contribution in [0.5, 0.6) is 0 Å². The zero-order chi connectivity index (χ0) is 21.7. The predicted octanol–water partition coefficient (Wildman–Crippen LogP) is 4.77. The Hall–Kier alpha value is -3.34. The molecule has 2 N–H and O–H groups in total. The number of rotatable bonds is 6. The van der Waals surface area contributed by atoms with Gasteiger partial charge >= 0.3 is 0 Å². The van der Waals surface area contributed by atoms with Crippen LogP contribution < -0.4 is 10.0 Å². The molecule has 3 aromatic carbocycles. The van der Waals surface area contributed by atoms with E-state index >= 15 is 0 Å². The third-order valence-electron chi connectivity index (χ3n) is 4.35. The molecular formula is C22H18ClN3O3S. The Kier molecular flexibility index (Phi) is 6.40. The first-order valence-corrected chi connectivity index (χ1v) is 10.8. The minimum atomic E-state index is -3.78. The first-order valence-electron chi connectivity index (χ1n) is 8.95. The van der Waals surface area contributed by atoms with Crippen LogP contribution in [-0.2, 0) is 16.4 Å². The Balaban J connectivity index is 1.73. The number of carbonyl (C=O) groups excluding carboxylic acids is 1. The third-order valence-corrected chi connectivity index (χ3v) is 5.99. The van der Waals surface area contributed by atoms with Gasteiger partial charge in [0.25, 0.3) is 15.9 Å². The van der Waals surface area contributed by atoms with Gasteiger partial charge in [-0.3, -0.25) is 9.52 Å². The van der Waals surface area contributed by atoms with Crippen molar-refractivity contribution in [2.24, 2.45) is 0 Å². The smallest absolute Gasteiger partial charge is 0.261 e. The summed E-state index contributed by atoms with van der Waals surface area (Å²) in [6.07, 6.45) is 0.306. The number of anilines is 2. The number of nitrogens with zero attached hydrogens (tertiary/aromatic N) is 1. The topological polar surface area (TPSA) is 99.1 Å². The van der Waals surface area contributed by atoms with Crippen LogP contribution in [0.1, 0.15) is 21.5 Å². The van der Waals surface area contributed by atoms with Crippen LogP contribution in [0.3, 0.4) is 0 Å². The molecule has 0 unspecified atom stereocenters. The van der Waals surface area contributed by atoms with E-state index in [2.05, 4.69) is 16.1 Å². The summed E-state index contributed by atoms with van der Waals surface area (Å²) < 4.78 is 27.6. The Morgan fingerprint density at radius 1 is 1.03 bits per heavy atom. The Bertz CT molecular complexity index is 1220. The van der Waals surface area contributed by atoms with E-state index in [-0.39, 0.29) is 10.8 Å². The summed E-state index contributed by atoms with van der Waals surface area (Å²) in [5.74, 6) is -0.321. The maximum atomic E-state index is 12.5. The number of sulfonamides is 1. The van der Waals surface area contributed by atoms with E-state index in [1.807, 2.05) is 0 Å². The number of halogens is 1. The van der Waals surface area contributed by atoms with Crippen molar-refractivity contribution in [3.63, 3.8) is 0 Å². The number of benzene rings is 3. The average Bonchev–Trinajstić information content (AvgIpc) is 2.71. The SMILES string of the molecule is Cc1cc(C(=O)Nc2ccc(CC#N)cc2)ccc1NS(=O)(=O)c1ccc(Cl)cc1. The molecule has 0 aliphatic carbocycles. The lowest BCUT2D eigenvalue weighted by molar-refractivity contribution is 0.102. The maximum Gasteiger partial charge on any atom is 0.261 e. The van der Waals surface area contributed by atoms with E-state index in [1.165, 1.54) is 24.3 Å². The van der Waals surface area contributed by atoms with Gasteiger partial charge in [0.15, 0.2) is 0 Å². The van der Waals surface area contributed by atoms with Crippen LogP contribution in [0.4, 0.5) is 11.4 Å². The van der Waals surface area contributed by atoms with Gasteiger partial charge in [-0.05, 0) is 72.6 Å². The van der Waals surface area contributed by atoms with Crippen LogP contribution in [-0.4, -0.2) is 14.3 Å². The molecule has 30 heavy (non-hydrogen) atoms. The summed E-state index contributed by atoms with van der Waals surface area (Å²) >= 11 is 5.81. The fraction of sp³-hybridized carbons (Fsp3) is 0.0909. The molecule has 0 radical (unpaired) electrons. The zero-order valence-corrected chi connectivity index (χ0v) is 17.6. The minimum absolute atomic E-state index is 0.0907. The molecule has 152 valence electrons. The number of amides is 1. The molecule has 0 saturated heterocycles. The van der Waals surface area contributed by atoms with Gasteiger partial charge in [-0.25, -0.2) is 8.42 Å². The number of nitrogens with one attached hydrogen (secondary N) is 2. The van der Waals surface area contributed by atoms with Crippen molar-refractivity contribution in [2.45, 2.75) is 18.2 Å². The Morgan fingerprint density at radius 2 is 1.70 bits per heavy atom. The quantitative estimate of drug-likeness (QED) is 0.577. The van der Waals surface area contributed by atoms with Crippen molar-refractivity contribution < 1.29 is 13.2 Å². The summed E-state index contributed by atoms with van der Waals surface area (Å²) in [5.41, 5.74) is 2.84. The van der Waals surface area contributed by atoms with Gasteiger partial charge in [-0.2, -0.15) is 5.26 Å². The predicted molar refractivity (Wildman–Crippen MR) is 117 cm³/mol. The second-order valence-electron chi connectivity index (χ2n) is 6.58. The molecule has 3 rings (SSSR count). The van der Waals surface area contributed by atoms with E-state index in [1.54, 1.807) is 49.4 Å². The normalized spacial score (nSPS) is 10.8. The van der Waals surface area contributed by atoms with Crippen LogP contribution in [0.25, 0.3) is 0 Å². The molecule has 0 atom stereocenters. The number of hydrogen-bond acceptors (Lipinski definition) is 4. The van der Waals surface area contributed by atoms with Gasteiger partial charge in [0.2, 0.25) is 0 Å². The monoisotopic (exact) mass is 439 g/mol. The molecule has 0 aromatic heterocycles. The van der Waals surface area contributed by atoms with Crippen LogP contribution >= 0.6 is 11.6 Å².